The average molecular weight is 419 g/mol. The van der Waals surface area contributed by atoms with Gasteiger partial charge in [0.05, 0.1) is 10.2 Å². The molecule has 0 aliphatic rings. The van der Waals surface area contributed by atoms with Gasteiger partial charge in [-0.2, -0.15) is 0 Å². The summed E-state index contributed by atoms with van der Waals surface area (Å²) in [5, 5.41) is 0.746. The van der Waals surface area contributed by atoms with E-state index in [0.29, 0.717) is 25.5 Å². The summed E-state index contributed by atoms with van der Waals surface area (Å²) in [5.41, 5.74) is 1.35. The maximum absolute atomic E-state index is 13.5. The summed E-state index contributed by atoms with van der Waals surface area (Å²) in [6.07, 6.45) is 1.77. The molecule has 2 aromatic rings. The lowest BCUT2D eigenvalue weighted by molar-refractivity contribution is 0.0512. The lowest BCUT2D eigenvalue weighted by Gasteiger charge is -2.10. The van der Waals surface area contributed by atoms with Gasteiger partial charge in [-0.15, -0.1) is 0 Å². The lowest BCUT2D eigenvalue weighted by Crippen LogP contribution is -2.14. The summed E-state index contributed by atoms with van der Waals surface area (Å²) in [5.74, 6) is -0.674. The normalized spacial score (nSPS) is 11.1. The van der Waals surface area contributed by atoms with E-state index >= 15 is 0 Å². The van der Waals surface area contributed by atoms with Gasteiger partial charge >= 0.3 is 5.97 Å². The van der Waals surface area contributed by atoms with E-state index in [4.69, 9.17) is 9.47 Å². The Kier molecular flexibility index (Phi) is 6.19. The SMILES string of the molecule is CCOC(=O)c1c(I)c2cc(F)ccc2n1CCCCOC. The van der Waals surface area contributed by atoms with Crippen LogP contribution in [0.3, 0.4) is 0 Å². The van der Waals surface area contributed by atoms with Crippen LogP contribution < -0.4 is 0 Å². The molecule has 120 valence electrons. The van der Waals surface area contributed by atoms with E-state index in [9.17, 15) is 9.18 Å². The highest BCUT2D eigenvalue weighted by molar-refractivity contribution is 14.1. The molecule has 0 aliphatic carbocycles. The largest absolute Gasteiger partial charge is 0.461 e. The zero-order valence-electron chi connectivity index (χ0n) is 12.7. The zero-order chi connectivity index (χ0) is 16.1. The van der Waals surface area contributed by atoms with Gasteiger partial charge < -0.3 is 14.0 Å². The van der Waals surface area contributed by atoms with Crippen molar-refractivity contribution in [3.8, 4) is 0 Å². The molecule has 0 spiro atoms. The Bertz CT molecular complexity index is 669. The number of benzene rings is 1. The van der Waals surface area contributed by atoms with Crippen LogP contribution in [-0.4, -0.2) is 30.9 Å². The van der Waals surface area contributed by atoms with Crippen LogP contribution in [0.5, 0.6) is 0 Å². The number of aryl methyl sites for hydroxylation is 1. The monoisotopic (exact) mass is 419 g/mol. The topological polar surface area (TPSA) is 40.5 Å². The second-order valence-electron chi connectivity index (χ2n) is 4.90. The van der Waals surface area contributed by atoms with E-state index < -0.39 is 0 Å². The van der Waals surface area contributed by atoms with E-state index in [0.717, 1.165) is 27.3 Å². The van der Waals surface area contributed by atoms with Crippen molar-refractivity contribution in [2.24, 2.45) is 0 Å². The van der Waals surface area contributed by atoms with Gasteiger partial charge in [-0.05, 0) is 60.6 Å². The second kappa shape index (κ2) is 7.92. The van der Waals surface area contributed by atoms with Gasteiger partial charge in [-0.3, -0.25) is 0 Å². The molecule has 0 aliphatic heterocycles. The first kappa shape index (κ1) is 17.2. The number of hydrogen-bond donors (Lipinski definition) is 0. The average Bonchev–Trinajstić information content (AvgIpc) is 2.76. The molecule has 0 atom stereocenters. The summed E-state index contributed by atoms with van der Waals surface area (Å²) in [4.78, 5) is 12.3. The van der Waals surface area contributed by atoms with Gasteiger partial charge in [0.2, 0.25) is 0 Å². The highest BCUT2D eigenvalue weighted by Gasteiger charge is 2.22. The maximum atomic E-state index is 13.5. The molecule has 0 amide bonds. The highest BCUT2D eigenvalue weighted by atomic mass is 127. The molecule has 0 saturated heterocycles. The van der Waals surface area contributed by atoms with Crippen LogP contribution in [0, 0.1) is 9.39 Å². The van der Waals surface area contributed by atoms with E-state index in [1.807, 2.05) is 4.57 Å². The number of aromatic nitrogens is 1. The van der Waals surface area contributed by atoms with Crippen molar-refractivity contribution >= 4 is 39.5 Å². The van der Waals surface area contributed by atoms with Crippen molar-refractivity contribution in [1.82, 2.24) is 4.57 Å². The molecular formula is C16H19FINO3. The number of esters is 1. The molecule has 22 heavy (non-hydrogen) atoms. The van der Waals surface area contributed by atoms with E-state index in [1.54, 1.807) is 20.1 Å². The molecule has 0 radical (unpaired) electrons. The molecular weight excluding hydrogens is 400 g/mol. The molecule has 1 heterocycles. The predicted molar refractivity (Wildman–Crippen MR) is 91.7 cm³/mol. The number of nitrogens with zero attached hydrogens (tertiary/aromatic N) is 1. The molecule has 0 saturated carbocycles. The van der Waals surface area contributed by atoms with Crippen molar-refractivity contribution in [2.45, 2.75) is 26.3 Å². The number of rotatable bonds is 7. The van der Waals surface area contributed by atoms with Gasteiger partial charge in [-0.1, -0.05) is 0 Å². The first-order valence-electron chi connectivity index (χ1n) is 7.23. The maximum Gasteiger partial charge on any atom is 0.356 e. The third kappa shape index (κ3) is 3.60. The summed E-state index contributed by atoms with van der Waals surface area (Å²) >= 11 is 2.09. The van der Waals surface area contributed by atoms with Gasteiger partial charge in [0, 0.05) is 31.2 Å². The molecule has 4 nitrogen and oxygen atoms in total. The number of methoxy groups -OCH3 is 1. The Morgan fingerprint density at radius 3 is 2.82 bits per heavy atom. The molecule has 0 bridgehead atoms. The van der Waals surface area contributed by atoms with Crippen LogP contribution in [0.4, 0.5) is 4.39 Å². The van der Waals surface area contributed by atoms with E-state index in [2.05, 4.69) is 22.6 Å². The number of unbranched alkanes of at least 4 members (excludes halogenated alkanes) is 1. The Morgan fingerprint density at radius 1 is 1.36 bits per heavy atom. The Morgan fingerprint density at radius 2 is 2.14 bits per heavy atom. The van der Waals surface area contributed by atoms with Gasteiger partial charge in [0.1, 0.15) is 11.5 Å². The Labute approximate surface area is 142 Å². The number of ether oxygens (including phenoxy) is 2. The minimum atomic E-state index is -0.366. The Balaban J connectivity index is 2.44. The number of fused-ring (bicyclic) bond motifs is 1. The third-order valence-electron chi connectivity index (χ3n) is 3.41. The third-order valence-corrected chi connectivity index (χ3v) is 4.50. The number of carbonyl (C=O) groups excluding carboxylic acids is 1. The van der Waals surface area contributed by atoms with Gasteiger partial charge in [-0.25, -0.2) is 9.18 Å². The fraction of sp³-hybridized carbons (Fsp3) is 0.438. The number of carbonyl (C=O) groups is 1. The highest BCUT2D eigenvalue weighted by Crippen LogP contribution is 2.29. The summed E-state index contributed by atoms with van der Waals surface area (Å²) in [7, 11) is 1.67. The fourth-order valence-electron chi connectivity index (χ4n) is 2.43. The van der Waals surface area contributed by atoms with Crippen molar-refractivity contribution in [3.05, 3.63) is 33.3 Å². The van der Waals surface area contributed by atoms with Gasteiger partial charge in [0.15, 0.2) is 0 Å². The summed E-state index contributed by atoms with van der Waals surface area (Å²) in [6.45, 7) is 3.44. The van der Waals surface area contributed by atoms with Crippen LogP contribution in [0.25, 0.3) is 10.9 Å². The molecule has 1 aromatic carbocycles. The molecule has 1 aromatic heterocycles. The van der Waals surface area contributed by atoms with Crippen LogP contribution in [0.1, 0.15) is 30.3 Å². The van der Waals surface area contributed by atoms with Crippen molar-refractivity contribution in [3.63, 3.8) is 0 Å². The van der Waals surface area contributed by atoms with Crippen LogP contribution in [-0.2, 0) is 16.0 Å². The quantitative estimate of drug-likeness (QED) is 0.387. The molecule has 0 N–H and O–H groups in total. The fourth-order valence-corrected chi connectivity index (χ4v) is 3.38. The van der Waals surface area contributed by atoms with Crippen molar-refractivity contribution in [2.75, 3.05) is 20.3 Å². The van der Waals surface area contributed by atoms with Crippen molar-refractivity contribution < 1.29 is 18.7 Å². The molecule has 0 fully saturated rings. The first-order chi connectivity index (χ1) is 10.6. The standard InChI is InChI=1S/C16H19FINO3/c1-3-22-16(20)15-14(18)12-10-11(17)6-7-13(12)19(15)8-4-5-9-21-2/h6-7,10H,3-5,8-9H2,1-2H3. The lowest BCUT2D eigenvalue weighted by atomic mass is 10.2. The van der Waals surface area contributed by atoms with Crippen LogP contribution in [0.2, 0.25) is 0 Å². The van der Waals surface area contributed by atoms with Crippen LogP contribution >= 0.6 is 22.6 Å². The number of halogens is 2. The predicted octanol–water partition coefficient (Wildman–Crippen LogP) is 3.99. The summed E-state index contributed by atoms with van der Waals surface area (Å²) in [6, 6.07) is 4.59. The Hall–Kier alpha value is -1.15. The minimum Gasteiger partial charge on any atom is -0.461 e. The van der Waals surface area contributed by atoms with Crippen LogP contribution in [0.15, 0.2) is 18.2 Å². The minimum absolute atomic E-state index is 0.308. The second-order valence-corrected chi connectivity index (χ2v) is 5.97. The number of hydrogen-bond acceptors (Lipinski definition) is 3. The molecule has 2 rings (SSSR count). The van der Waals surface area contributed by atoms with E-state index in [1.165, 1.54) is 12.1 Å². The smallest absolute Gasteiger partial charge is 0.356 e. The van der Waals surface area contributed by atoms with Crippen molar-refractivity contribution in [1.29, 1.82) is 0 Å². The zero-order valence-corrected chi connectivity index (χ0v) is 14.9. The van der Waals surface area contributed by atoms with Gasteiger partial charge in [0.25, 0.3) is 0 Å². The molecule has 6 heteroatoms. The van der Waals surface area contributed by atoms with E-state index in [-0.39, 0.29) is 11.8 Å². The summed E-state index contributed by atoms with van der Waals surface area (Å²) < 4.78 is 26.4. The first-order valence-corrected chi connectivity index (χ1v) is 8.31. The molecule has 0 unspecified atom stereocenters.